The molecule has 0 saturated carbocycles. The van der Waals surface area contributed by atoms with Crippen LogP contribution in [-0.4, -0.2) is 86.4 Å². The van der Waals surface area contributed by atoms with E-state index in [1.165, 1.54) is 60.4 Å². The molecule has 6 heterocycles. The summed E-state index contributed by atoms with van der Waals surface area (Å²) in [6.07, 6.45) is 4.64. The number of benzene rings is 1. The zero-order valence-corrected chi connectivity index (χ0v) is 39.4. The standard InChI is InChI=1S/C19H20N8.C8H5F3O2S.2C8H8O2S.Eu/c1-3-25(4-2)16-9-7-15(8-10-16)17-22-18(26-13-5-11-20-26)24-19(23-17)27-14-6-12-21-27;9-8(10,11)7(13)4-5(12)6-2-1-3-14-6;2*1-6(9)5-7(10)8-3-2-4-11-8;/h5-14H,3-4H2,1-2H3;1-4,12H;2*2-5,10H,1H3;. The number of hydrogen-bond donors (Lipinski definition) is 3. The Kier molecular flexibility index (Phi) is 21.8. The predicted molar refractivity (Wildman–Crippen MR) is 240 cm³/mol. The van der Waals surface area contributed by atoms with Crippen LogP contribution in [0, 0.1) is 49.4 Å². The first-order chi connectivity index (χ1) is 30.1. The minimum atomic E-state index is -4.94. The van der Waals surface area contributed by atoms with Crippen LogP contribution in [0.2, 0.25) is 0 Å². The third-order valence-corrected chi connectivity index (χ3v) is 10.5. The Balaban J connectivity index is 0.000000248. The van der Waals surface area contributed by atoms with E-state index < -0.39 is 17.7 Å². The number of carbonyl (C=O) groups excluding carboxylic acids is 3. The molecule has 64 heavy (non-hydrogen) atoms. The Bertz CT molecular complexity index is 2460. The second-order valence-electron chi connectivity index (χ2n) is 12.5. The molecule has 7 rings (SSSR count). The molecule has 0 aliphatic heterocycles. The number of thiophene rings is 3. The van der Waals surface area contributed by atoms with E-state index in [2.05, 4.69) is 56.0 Å². The number of carbonyl (C=O) groups is 3. The number of aliphatic hydroxyl groups excluding tert-OH is 3. The first-order valence-electron chi connectivity index (χ1n) is 18.7. The number of alkyl halides is 3. The van der Waals surface area contributed by atoms with Crippen LogP contribution in [0.5, 0.6) is 0 Å². The summed E-state index contributed by atoms with van der Waals surface area (Å²) in [4.78, 5) is 49.1. The SMILES string of the molecule is CC(=O)C=C(O)c1cccs1.CC(=O)C=C(O)c1cccs1.CCN(CC)c1ccc(-c2nc(-n3cccn3)nc(-n3cccn3)n2)cc1.O=C(C=C(O)c1cccs1)C(F)(F)F.[Eu]. The quantitative estimate of drug-likeness (QED) is 0.0777. The number of aliphatic hydroxyl groups is 3. The summed E-state index contributed by atoms with van der Waals surface area (Å²) in [5, 5.41) is 41.3. The Labute approximate surface area is 419 Å². The maximum Gasteiger partial charge on any atom is 0.454 e. The number of ketones is 3. The summed E-state index contributed by atoms with van der Waals surface area (Å²) >= 11 is 3.85. The van der Waals surface area contributed by atoms with Crippen LogP contribution >= 0.6 is 34.0 Å². The Morgan fingerprint density at radius 1 is 0.641 bits per heavy atom. The van der Waals surface area contributed by atoms with Gasteiger partial charge in [0.1, 0.15) is 17.3 Å². The third kappa shape index (κ3) is 16.9. The molecule has 0 amide bonds. The zero-order valence-electron chi connectivity index (χ0n) is 34.5. The fourth-order valence-corrected chi connectivity index (χ4v) is 6.87. The molecular weight excluding hydrogens is 1030 g/mol. The Morgan fingerprint density at radius 2 is 1.05 bits per heavy atom. The van der Waals surface area contributed by atoms with Gasteiger partial charge >= 0.3 is 6.18 Å². The van der Waals surface area contributed by atoms with Crippen molar-refractivity contribution in [1.82, 2.24) is 34.5 Å². The number of anilines is 1. The van der Waals surface area contributed by atoms with Crippen molar-refractivity contribution >= 4 is 74.3 Å². The van der Waals surface area contributed by atoms with Gasteiger partial charge in [-0.1, -0.05) is 18.2 Å². The number of hydrogen-bond acceptors (Lipinski definition) is 15. The molecule has 0 unspecified atom stereocenters. The van der Waals surface area contributed by atoms with Gasteiger partial charge in [-0.3, -0.25) is 14.4 Å². The van der Waals surface area contributed by atoms with Crippen molar-refractivity contribution in [2.24, 2.45) is 0 Å². The van der Waals surface area contributed by atoms with Gasteiger partial charge < -0.3 is 20.2 Å². The van der Waals surface area contributed by atoms with Crippen molar-refractivity contribution in [3.63, 3.8) is 0 Å². The van der Waals surface area contributed by atoms with Crippen LogP contribution in [-0.2, 0) is 14.4 Å². The first kappa shape index (κ1) is 52.9. The van der Waals surface area contributed by atoms with Crippen molar-refractivity contribution in [3.8, 4) is 23.3 Å². The van der Waals surface area contributed by atoms with E-state index in [1.807, 2.05) is 47.2 Å². The second-order valence-corrected chi connectivity index (χ2v) is 15.3. The van der Waals surface area contributed by atoms with E-state index in [0.717, 1.165) is 39.7 Å². The van der Waals surface area contributed by atoms with E-state index in [0.29, 0.717) is 17.7 Å². The molecule has 0 saturated heterocycles. The van der Waals surface area contributed by atoms with E-state index >= 15 is 0 Å². The van der Waals surface area contributed by atoms with E-state index in [1.54, 1.807) is 57.7 Å². The molecule has 1 aromatic carbocycles. The molecule has 0 aliphatic rings. The number of aromatic nitrogens is 7. The number of rotatable bonds is 12. The molecule has 21 heteroatoms. The molecule has 0 bridgehead atoms. The average Bonchev–Trinajstić information content (AvgIpc) is 4.12. The van der Waals surface area contributed by atoms with E-state index in [-0.39, 0.29) is 83.4 Å². The summed E-state index contributed by atoms with van der Waals surface area (Å²) in [5.41, 5.74) is 2.09. The van der Waals surface area contributed by atoms with Crippen LogP contribution in [0.15, 0.2) is 132 Å². The largest absolute Gasteiger partial charge is 0.506 e. The van der Waals surface area contributed by atoms with Crippen molar-refractivity contribution in [1.29, 1.82) is 0 Å². The van der Waals surface area contributed by atoms with Crippen molar-refractivity contribution in [2.75, 3.05) is 18.0 Å². The van der Waals surface area contributed by atoms with Crippen molar-refractivity contribution in [2.45, 2.75) is 33.9 Å². The molecular formula is C43H41EuF3N8O6S3. The van der Waals surface area contributed by atoms with Crippen molar-refractivity contribution in [3.05, 3.63) is 147 Å². The average molecular weight is 1070 g/mol. The molecule has 335 valence electrons. The summed E-state index contributed by atoms with van der Waals surface area (Å²) < 4.78 is 38.5. The summed E-state index contributed by atoms with van der Waals surface area (Å²) in [7, 11) is 0. The van der Waals surface area contributed by atoms with Crippen LogP contribution < -0.4 is 4.90 Å². The fourth-order valence-electron chi connectivity index (χ4n) is 4.95. The van der Waals surface area contributed by atoms with Gasteiger partial charge in [0.05, 0.1) is 14.6 Å². The number of allylic oxidation sites excluding steroid dienone is 3. The van der Waals surface area contributed by atoms with Crippen LogP contribution in [0.25, 0.3) is 40.6 Å². The summed E-state index contributed by atoms with van der Waals surface area (Å²) in [6, 6.07) is 22.0. The van der Waals surface area contributed by atoms with Gasteiger partial charge in [0.2, 0.25) is 0 Å². The molecule has 6 aromatic heterocycles. The smallest absolute Gasteiger partial charge is 0.454 e. The topological polar surface area (TPSA) is 189 Å². The summed E-state index contributed by atoms with van der Waals surface area (Å²) in [5.74, 6) is -1.45. The van der Waals surface area contributed by atoms with Gasteiger partial charge in [0.15, 0.2) is 17.4 Å². The first-order valence-corrected chi connectivity index (χ1v) is 21.3. The van der Waals surface area contributed by atoms with Crippen LogP contribution in [0.4, 0.5) is 18.9 Å². The van der Waals surface area contributed by atoms with Gasteiger partial charge in [0, 0.05) is 117 Å². The Morgan fingerprint density at radius 3 is 1.36 bits per heavy atom. The van der Waals surface area contributed by atoms with Gasteiger partial charge in [0.25, 0.3) is 17.7 Å². The van der Waals surface area contributed by atoms with Gasteiger partial charge in [-0.15, -0.1) is 34.0 Å². The molecule has 7 aromatic rings. The molecule has 0 aliphatic carbocycles. The molecule has 3 N–H and O–H groups in total. The Hall–Kier alpha value is -5.45. The minimum absolute atomic E-state index is 0. The fraction of sp³-hybridized carbons (Fsp3) is 0.163. The zero-order chi connectivity index (χ0) is 45.9. The van der Waals surface area contributed by atoms with E-state index in [4.69, 9.17) is 5.11 Å². The maximum absolute atomic E-state index is 11.7. The van der Waals surface area contributed by atoms with E-state index in [9.17, 15) is 37.8 Å². The molecule has 0 atom stereocenters. The molecule has 0 spiro atoms. The number of halogens is 3. The molecule has 0 fully saturated rings. The minimum Gasteiger partial charge on any atom is -0.506 e. The van der Waals surface area contributed by atoms with Gasteiger partial charge in [-0.05, 0) is 98.4 Å². The van der Waals surface area contributed by atoms with Gasteiger partial charge in [-0.25, -0.2) is 9.36 Å². The number of nitrogens with zero attached hydrogens (tertiary/aromatic N) is 8. The molecule has 1 radical (unpaired) electrons. The molecule has 14 nitrogen and oxygen atoms in total. The van der Waals surface area contributed by atoms with Crippen LogP contribution in [0.3, 0.4) is 0 Å². The second kappa shape index (κ2) is 26.4. The maximum atomic E-state index is 11.7. The van der Waals surface area contributed by atoms with Crippen LogP contribution in [0.1, 0.15) is 42.3 Å². The predicted octanol–water partition coefficient (Wildman–Crippen LogP) is 10.0. The van der Waals surface area contributed by atoms with Crippen molar-refractivity contribution < 1.29 is 92.3 Å². The van der Waals surface area contributed by atoms with Gasteiger partial charge in [-0.2, -0.15) is 38.3 Å². The normalized spacial score (nSPS) is 11.4. The third-order valence-electron chi connectivity index (χ3n) is 7.83. The monoisotopic (exact) mass is 1070 g/mol. The summed E-state index contributed by atoms with van der Waals surface area (Å²) in [6.45, 7) is 9.04.